The molecule has 1 heterocycles. The summed E-state index contributed by atoms with van der Waals surface area (Å²) in [6.07, 6.45) is 0. The normalized spacial score (nSPS) is 13.8. The highest BCUT2D eigenvalue weighted by atomic mass is 16.2. The average molecular weight is 287 g/mol. The number of imide groups is 1. The van der Waals surface area contributed by atoms with E-state index in [0.29, 0.717) is 11.1 Å². The highest BCUT2D eigenvalue weighted by Crippen LogP contribution is 2.36. The second-order valence-corrected chi connectivity index (χ2v) is 5.43. The minimum absolute atomic E-state index is 0.226. The predicted molar refractivity (Wildman–Crippen MR) is 85.8 cm³/mol. The molecule has 0 aliphatic carbocycles. The van der Waals surface area contributed by atoms with Crippen LogP contribution in [0.1, 0.15) is 20.7 Å². The van der Waals surface area contributed by atoms with Crippen LogP contribution in [0, 0.1) is 0 Å². The zero-order valence-electron chi connectivity index (χ0n) is 12.0. The van der Waals surface area contributed by atoms with Gasteiger partial charge in [-0.2, -0.15) is 0 Å². The van der Waals surface area contributed by atoms with Crippen LogP contribution in [0.4, 0.5) is 0 Å². The van der Waals surface area contributed by atoms with Gasteiger partial charge in [-0.1, -0.05) is 54.6 Å². The number of benzene rings is 3. The molecule has 0 saturated heterocycles. The molecule has 3 aromatic carbocycles. The first kappa shape index (κ1) is 12.8. The molecule has 1 aliphatic rings. The lowest BCUT2D eigenvalue weighted by Gasteiger charge is -2.10. The molecule has 3 heteroatoms. The second-order valence-electron chi connectivity index (χ2n) is 5.43. The molecule has 22 heavy (non-hydrogen) atoms. The number of nitrogens with zero attached hydrogens (tertiary/aromatic N) is 1. The van der Waals surface area contributed by atoms with Gasteiger partial charge in [-0.15, -0.1) is 0 Å². The fourth-order valence-corrected chi connectivity index (χ4v) is 3.07. The van der Waals surface area contributed by atoms with E-state index in [1.54, 1.807) is 0 Å². The van der Waals surface area contributed by atoms with Gasteiger partial charge in [0.1, 0.15) is 0 Å². The number of carbonyl (C=O) groups is 2. The van der Waals surface area contributed by atoms with E-state index in [1.807, 2.05) is 60.7 Å². The highest BCUT2D eigenvalue weighted by molar-refractivity contribution is 6.27. The van der Waals surface area contributed by atoms with Gasteiger partial charge in [0.2, 0.25) is 0 Å². The molecule has 0 N–H and O–H groups in total. The lowest BCUT2D eigenvalue weighted by Crippen LogP contribution is -2.24. The first-order chi connectivity index (χ1) is 10.7. The van der Waals surface area contributed by atoms with Gasteiger partial charge in [-0.25, -0.2) is 0 Å². The Bertz CT molecular complexity index is 929. The van der Waals surface area contributed by atoms with Crippen LogP contribution in [0.15, 0.2) is 60.7 Å². The molecule has 3 aromatic rings. The quantitative estimate of drug-likeness (QED) is 0.639. The first-order valence-corrected chi connectivity index (χ1v) is 7.12. The van der Waals surface area contributed by atoms with Crippen LogP contribution in [0.5, 0.6) is 0 Å². The lowest BCUT2D eigenvalue weighted by molar-refractivity contribution is 0.0693. The van der Waals surface area contributed by atoms with E-state index in [1.165, 1.54) is 11.9 Å². The van der Waals surface area contributed by atoms with E-state index in [4.69, 9.17) is 0 Å². The molecule has 0 aromatic heterocycles. The molecule has 0 radical (unpaired) electrons. The number of rotatable bonds is 1. The van der Waals surface area contributed by atoms with Gasteiger partial charge >= 0.3 is 0 Å². The molecule has 4 rings (SSSR count). The molecule has 0 spiro atoms. The van der Waals surface area contributed by atoms with Gasteiger partial charge in [0.15, 0.2) is 0 Å². The van der Waals surface area contributed by atoms with E-state index in [-0.39, 0.29) is 11.8 Å². The van der Waals surface area contributed by atoms with Crippen LogP contribution in [-0.4, -0.2) is 23.8 Å². The number of fused-ring (bicyclic) bond motifs is 3. The predicted octanol–water partition coefficient (Wildman–Crippen LogP) is 3.73. The fraction of sp³-hybridized carbons (Fsp3) is 0.0526. The van der Waals surface area contributed by atoms with Crippen LogP contribution in [0.25, 0.3) is 21.9 Å². The highest BCUT2D eigenvalue weighted by Gasteiger charge is 2.35. The molecule has 0 atom stereocenters. The van der Waals surface area contributed by atoms with Crippen molar-refractivity contribution in [1.29, 1.82) is 0 Å². The van der Waals surface area contributed by atoms with E-state index in [2.05, 4.69) is 0 Å². The van der Waals surface area contributed by atoms with Crippen molar-refractivity contribution in [2.24, 2.45) is 0 Å². The van der Waals surface area contributed by atoms with E-state index in [9.17, 15) is 9.59 Å². The molecule has 0 fully saturated rings. The van der Waals surface area contributed by atoms with Crippen molar-refractivity contribution in [1.82, 2.24) is 4.90 Å². The Balaban J connectivity index is 2.14. The summed E-state index contributed by atoms with van der Waals surface area (Å²) in [5.41, 5.74) is 3.02. The molecule has 0 unspecified atom stereocenters. The average Bonchev–Trinajstić information content (AvgIpc) is 2.79. The zero-order valence-corrected chi connectivity index (χ0v) is 12.0. The molecule has 0 bridgehead atoms. The number of hydrogen-bond donors (Lipinski definition) is 0. The van der Waals surface area contributed by atoms with Crippen molar-refractivity contribution in [2.75, 3.05) is 7.05 Å². The Labute approximate surface area is 127 Å². The Hall–Kier alpha value is -2.94. The Morgan fingerprint density at radius 3 is 2.09 bits per heavy atom. The number of amides is 2. The SMILES string of the molecule is CN1C(=O)c2cc(-c3ccccc3)c3ccccc3c2C1=O. The van der Waals surface area contributed by atoms with Gasteiger partial charge in [0.05, 0.1) is 11.1 Å². The van der Waals surface area contributed by atoms with Crippen LogP contribution in [-0.2, 0) is 0 Å². The van der Waals surface area contributed by atoms with Gasteiger partial charge < -0.3 is 0 Å². The standard InChI is InChI=1S/C19H13NO2/c1-20-18(21)16-11-15(12-7-3-2-4-8-12)13-9-5-6-10-14(13)17(16)19(20)22/h2-11H,1H3. The summed E-state index contributed by atoms with van der Waals surface area (Å²) < 4.78 is 0. The summed E-state index contributed by atoms with van der Waals surface area (Å²) >= 11 is 0. The van der Waals surface area contributed by atoms with E-state index >= 15 is 0 Å². The second kappa shape index (κ2) is 4.53. The molecule has 3 nitrogen and oxygen atoms in total. The maximum absolute atomic E-state index is 12.4. The molecule has 0 saturated carbocycles. The van der Waals surface area contributed by atoms with Crippen LogP contribution in [0.2, 0.25) is 0 Å². The summed E-state index contributed by atoms with van der Waals surface area (Å²) in [5.74, 6) is -0.459. The lowest BCUT2D eigenvalue weighted by atomic mass is 9.92. The van der Waals surface area contributed by atoms with Crippen molar-refractivity contribution in [2.45, 2.75) is 0 Å². The number of carbonyl (C=O) groups excluding carboxylic acids is 2. The Morgan fingerprint density at radius 1 is 0.727 bits per heavy atom. The monoisotopic (exact) mass is 287 g/mol. The van der Waals surface area contributed by atoms with Gasteiger partial charge in [-0.3, -0.25) is 14.5 Å². The molecule has 106 valence electrons. The van der Waals surface area contributed by atoms with Crippen LogP contribution >= 0.6 is 0 Å². The van der Waals surface area contributed by atoms with Crippen LogP contribution < -0.4 is 0 Å². The Morgan fingerprint density at radius 2 is 1.36 bits per heavy atom. The summed E-state index contributed by atoms with van der Waals surface area (Å²) in [6, 6.07) is 19.5. The van der Waals surface area contributed by atoms with Gasteiger partial charge in [0, 0.05) is 7.05 Å². The zero-order chi connectivity index (χ0) is 15.3. The summed E-state index contributed by atoms with van der Waals surface area (Å²) in [6.45, 7) is 0. The first-order valence-electron chi connectivity index (χ1n) is 7.12. The van der Waals surface area contributed by atoms with Crippen LogP contribution in [0.3, 0.4) is 0 Å². The molecule has 1 aliphatic heterocycles. The minimum atomic E-state index is -0.233. The summed E-state index contributed by atoms with van der Waals surface area (Å²) in [7, 11) is 1.53. The molecular formula is C19H13NO2. The largest absolute Gasteiger partial charge is 0.277 e. The summed E-state index contributed by atoms with van der Waals surface area (Å²) in [5, 5.41) is 1.82. The third kappa shape index (κ3) is 1.62. The third-order valence-electron chi connectivity index (χ3n) is 4.18. The number of hydrogen-bond acceptors (Lipinski definition) is 2. The van der Waals surface area contributed by atoms with Crippen molar-refractivity contribution in [3.05, 3.63) is 71.8 Å². The van der Waals surface area contributed by atoms with E-state index < -0.39 is 0 Å². The topological polar surface area (TPSA) is 37.4 Å². The minimum Gasteiger partial charge on any atom is -0.277 e. The van der Waals surface area contributed by atoms with Gasteiger partial charge in [0.25, 0.3) is 11.8 Å². The maximum Gasteiger partial charge on any atom is 0.261 e. The Kier molecular flexibility index (Phi) is 2.63. The van der Waals surface area contributed by atoms with E-state index in [0.717, 1.165) is 21.9 Å². The fourth-order valence-electron chi connectivity index (χ4n) is 3.07. The smallest absolute Gasteiger partial charge is 0.261 e. The van der Waals surface area contributed by atoms with Crippen molar-refractivity contribution >= 4 is 22.6 Å². The van der Waals surface area contributed by atoms with Gasteiger partial charge in [-0.05, 0) is 28.0 Å². The van der Waals surface area contributed by atoms with Crippen molar-refractivity contribution < 1.29 is 9.59 Å². The summed E-state index contributed by atoms with van der Waals surface area (Å²) in [4.78, 5) is 25.9. The third-order valence-corrected chi connectivity index (χ3v) is 4.18. The van der Waals surface area contributed by atoms with Crippen molar-refractivity contribution in [3.8, 4) is 11.1 Å². The van der Waals surface area contributed by atoms with Crippen molar-refractivity contribution in [3.63, 3.8) is 0 Å². The molecule has 2 amide bonds. The molecular weight excluding hydrogens is 274 g/mol. The maximum atomic E-state index is 12.4.